The average Bonchev–Trinajstić information content (AvgIpc) is 3.45. The van der Waals surface area contributed by atoms with Crippen LogP contribution in [0.5, 0.6) is 0 Å². The second kappa shape index (κ2) is 8.09. The smallest absolute Gasteiger partial charge is 0.267 e. The van der Waals surface area contributed by atoms with Crippen molar-refractivity contribution in [2.24, 2.45) is 0 Å². The molecule has 1 heterocycles. The summed E-state index contributed by atoms with van der Waals surface area (Å²) in [5, 5.41) is 8.60. The summed E-state index contributed by atoms with van der Waals surface area (Å²) in [6.07, 6.45) is 6.64. The molecule has 0 radical (unpaired) electrons. The van der Waals surface area contributed by atoms with Crippen LogP contribution in [0.25, 0.3) is 6.08 Å². The van der Waals surface area contributed by atoms with Gasteiger partial charge >= 0.3 is 0 Å². The highest BCUT2D eigenvalue weighted by molar-refractivity contribution is 7.76. The van der Waals surface area contributed by atoms with E-state index in [0.29, 0.717) is 0 Å². The van der Waals surface area contributed by atoms with Crippen molar-refractivity contribution in [1.82, 2.24) is 9.79 Å². The Morgan fingerprint density at radius 3 is 2.44 bits per heavy atom. The summed E-state index contributed by atoms with van der Waals surface area (Å²) in [5.41, 5.74) is 3.50. The lowest BCUT2D eigenvalue weighted by atomic mass is 10.0. The van der Waals surface area contributed by atoms with Crippen molar-refractivity contribution >= 4 is 28.9 Å². The minimum Gasteiger partial charge on any atom is -0.371 e. The number of carbonyl (C=O) groups is 1. The number of hydroxylamine groups is 1. The number of amides is 1. The van der Waals surface area contributed by atoms with E-state index in [2.05, 4.69) is 4.90 Å². The monoisotopic (exact) mass is 365 g/mol. The van der Waals surface area contributed by atoms with E-state index >= 15 is 0 Å². The highest BCUT2D eigenvalue weighted by atomic mass is 32.2. The van der Waals surface area contributed by atoms with E-state index in [9.17, 15) is 13.6 Å². The average molecular weight is 365 g/mol. The fourth-order valence-electron chi connectivity index (χ4n) is 3.36. The van der Waals surface area contributed by atoms with Crippen LogP contribution in [0.3, 0.4) is 0 Å². The summed E-state index contributed by atoms with van der Waals surface area (Å²) < 4.78 is 22.9. The fourth-order valence-corrected chi connectivity index (χ4v) is 4.29. The van der Waals surface area contributed by atoms with Gasteiger partial charge < -0.3 is 4.90 Å². The highest BCUT2D eigenvalue weighted by Crippen LogP contribution is 2.34. The summed E-state index contributed by atoms with van der Waals surface area (Å²) in [6, 6.07) is 8.16. The molecule has 1 saturated carbocycles. The van der Waals surface area contributed by atoms with Gasteiger partial charge in [-0.15, -0.1) is 0 Å². The van der Waals surface area contributed by atoms with Gasteiger partial charge in [-0.05, 0) is 43.4 Å². The Kier molecular flexibility index (Phi) is 5.85. The van der Waals surface area contributed by atoms with Gasteiger partial charge in [0, 0.05) is 36.9 Å². The predicted octanol–water partition coefficient (Wildman–Crippen LogP) is 1.78. The van der Waals surface area contributed by atoms with Crippen LogP contribution >= 0.6 is 0 Å². The first kappa shape index (κ1) is 18.1. The predicted molar refractivity (Wildman–Crippen MR) is 96.3 cm³/mol. The summed E-state index contributed by atoms with van der Waals surface area (Å²) >= 11 is -1.90. The van der Waals surface area contributed by atoms with Crippen molar-refractivity contribution < 1.29 is 18.8 Å². The van der Waals surface area contributed by atoms with Gasteiger partial charge in [-0.3, -0.25) is 14.6 Å². The largest absolute Gasteiger partial charge is 0.371 e. The molecule has 1 saturated heterocycles. The molecule has 1 aromatic carbocycles. The molecule has 25 heavy (non-hydrogen) atoms. The van der Waals surface area contributed by atoms with E-state index in [4.69, 9.17) is 5.21 Å². The first-order chi connectivity index (χ1) is 12.1. The third kappa shape index (κ3) is 4.46. The number of hydrogen-bond donors (Lipinski definition) is 3. The van der Waals surface area contributed by atoms with Crippen LogP contribution in [-0.2, 0) is 16.1 Å². The molecule has 136 valence electrons. The number of rotatable bonds is 6. The Balaban J connectivity index is 1.68. The quantitative estimate of drug-likeness (QED) is 0.309. The van der Waals surface area contributed by atoms with E-state index < -0.39 is 17.2 Å². The number of benzene rings is 1. The molecular formula is C17H23N3O4S. The molecule has 1 amide bonds. The SMILES string of the molecule is O=C(/C=C/c1ccccc1N1CCC(N(C2CC2)S(=O)O)CC1)NO. The van der Waals surface area contributed by atoms with Gasteiger partial charge in [-0.1, -0.05) is 18.2 Å². The molecule has 3 N–H and O–H groups in total. The van der Waals surface area contributed by atoms with Crippen LogP contribution in [0.4, 0.5) is 5.69 Å². The van der Waals surface area contributed by atoms with Gasteiger partial charge in [0.2, 0.25) is 11.3 Å². The zero-order valence-corrected chi connectivity index (χ0v) is 14.7. The molecule has 1 unspecified atom stereocenters. The Labute approximate surface area is 149 Å². The summed E-state index contributed by atoms with van der Waals surface area (Å²) in [7, 11) is 0. The molecule has 0 aromatic heterocycles. The van der Waals surface area contributed by atoms with Crippen LogP contribution in [-0.4, -0.2) is 49.4 Å². The normalized spacial score (nSPS) is 20.2. The molecule has 0 spiro atoms. The Hall–Kier alpha value is -1.74. The summed E-state index contributed by atoms with van der Waals surface area (Å²) in [6.45, 7) is 1.59. The van der Waals surface area contributed by atoms with Crippen molar-refractivity contribution in [3.63, 3.8) is 0 Å². The maximum Gasteiger partial charge on any atom is 0.267 e. The van der Waals surface area contributed by atoms with Crippen LogP contribution < -0.4 is 10.4 Å². The van der Waals surface area contributed by atoms with Crippen LogP contribution in [0, 0.1) is 0 Å². The number of nitrogens with zero attached hydrogens (tertiary/aromatic N) is 2. The minimum atomic E-state index is -1.90. The zero-order valence-electron chi connectivity index (χ0n) is 13.9. The number of carbonyl (C=O) groups excluding carboxylic acids is 1. The van der Waals surface area contributed by atoms with E-state index in [1.807, 2.05) is 24.3 Å². The Morgan fingerprint density at radius 1 is 1.20 bits per heavy atom. The van der Waals surface area contributed by atoms with Gasteiger partial charge in [0.05, 0.1) is 0 Å². The highest BCUT2D eigenvalue weighted by Gasteiger charge is 2.38. The third-order valence-electron chi connectivity index (χ3n) is 4.71. The van der Waals surface area contributed by atoms with Crippen LogP contribution in [0.1, 0.15) is 31.2 Å². The first-order valence-electron chi connectivity index (χ1n) is 8.45. The number of anilines is 1. The van der Waals surface area contributed by atoms with Crippen LogP contribution in [0.2, 0.25) is 0 Å². The number of hydrogen-bond acceptors (Lipinski definition) is 4. The number of nitrogens with one attached hydrogen (secondary N) is 1. The molecule has 7 nitrogen and oxygen atoms in total. The Bertz CT molecular complexity index is 670. The molecule has 2 aliphatic rings. The lowest BCUT2D eigenvalue weighted by molar-refractivity contribution is -0.124. The first-order valence-corrected chi connectivity index (χ1v) is 9.52. The molecule has 0 bridgehead atoms. The van der Waals surface area contributed by atoms with Gasteiger partial charge in [0.25, 0.3) is 5.91 Å². The van der Waals surface area contributed by atoms with Gasteiger partial charge in [-0.2, -0.15) is 4.31 Å². The van der Waals surface area contributed by atoms with E-state index in [0.717, 1.165) is 50.0 Å². The van der Waals surface area contributed by atoms with E-state index in [1.54, 1.807) is 15.9 Å². The van der Waals surface area contributed by atoms with Crippen molar-refractivity contribution in [3.05, 3.63) is 35.9 Å². The lowest BCUT2D eigenvalue weighted by Gasteiger charge is -2.38. The molecule has 1 atom stereocenters. The minimum absolute atomic E-state index is 0.137. The second-order valence-corrected chi connectivity index (χ2v) is 7.29. The standard InChI is InChI=1S/C17H23N3O4S/c21-17(18-22)8-5-13-3-1-2-4-16(13)19-11-9-15(10-12-19)20(25(23)24)14-6-7-14/h1-5,8,14-15,22H,6-7,9-12H2,(H,18,21)(H,23,24)/b8-5+. The maximum absolute atomic E-state index is 11.6. The van der Waals surface area contributed by atoms with Crippen molar-refractivity contribution in [3.8, 4) is 0 Å². The van der Waals surface area contributed by atoms with Gasteiger partial charge in [-0.25, -0.2) is 9.69 Å². The molecule has 2 fully saturated rings. The molecule has 8 heteroatoms. The molecule has 1 aromatic rings. The Morgan fingerprint density at radius 2 is 1.84 bits per heavy atom. The summed E-state index contributed by atoms with van der Waals surface area (Å²) in [5.74, 6) is -0.570. The second-order valence-electron chi connectivity index (χ2n) is 6.41. The van der Waals surface area contributed by atoms with Gasteiger partial charge in [0.1, 0.15) is 0 Å². The van der Waals surface area contributed by atoms with E-state index in [-0.39, 0.29) is 12.1 Å². The zero-order chi connectivity index (χ0) is 17.8. The molecule has 1 aliphatic carbocycles. The third-order valence-corrected chi connectivity index (χ3v) is 5.67. The van der Waals surface area contributed by atoms with Gasteiger partial charge in [0.15, 0.2) is 0 Å². The molecule has 3 rings (SSSR count). The molecular weight excluding hydrogens is 342 g/mol. The molecule has 1 aliphatic heterocycles. The van der Waals surface area contributed by atoms with Crippen molar-refractivity contribution in [2.45, 2.75) is 37.8 Å². The van der Waals surface area contributed by atoms with Crippen molar-refractivity contribution in [2.75, 3.05) is 18.0 Å². The van der Waals surface area contributed by atoms with E-state index in [1.165, 1.54) is 6.08 Å². The summed E-state index contributed by atoms with van der Waals surface area (Å²) in [4.78, 5) is 13.4. The maximum atomic E-state index is 11.6. The van der Waals surface area contributed by atoms with Crippen molar-refractivity contribution in [1.29, 1.82) is 0 Å². The lowest BCUT2D eigenvalue weighted by Crippen LogP contribution is -2.46. The topological polar surface area (TPSA) is 93.1 Å². The number of piperidine rings is 1. The van der Waals surface area contributed by atoms with Crippen LogP contribution in [0.15, 0.2) is 30.3 Å². The number of para-hydroxylation sites is 1. The fraction of sp³-hybridized carbons (Fsp3) is 0.471.